The third kappa shape index (κ3) is 6.27. The van der Waals surface area contributed by atoms with E-state index in [0.29, 0.717) is 5.56 Å². The summed E-state index contributed by atoms with van der Waals surface area (Å²) in [7, 11) is -7.01. The van der Waals surface area contributed by atoms with Gasteiger partial charge in [0, 0.05) is 17.9 Å². The minimum absolute atomic E-state index is 0.0566. The van der Waals surface area contributed by atoms with Gasteiger partial charge in [0.15, 0.2) is 0 Å². The van der Waals surface area contributed by atoms with E-state index in [2.05, 4.69) is 16.6 Å². The van der Waals surface area contributed by atoms with Gasteiger partial charge < -0.3 is 5.73 Å². The minimum atomic E-state index is -3.76. The molecule has 6 nitrogen and oxygen atoms in total. The van der Waals surface area contributed by atoms with Crippen molar-refractivity contribution >= 4 is 19.9 Å². The Morgan fingerprint density at radius 1 is 1.19 bits per heavy atom. The molecule has 1 aromatic carbocycles. The lowest BCUT2D eigenvalue weighted by molar-refractivity contribution is 0.564. The minimum Gasteiger partial charge on any atom is -0.320 e. The Hall–Kier alpha value is -1.40. The largest absolute Gasteiger partial charge is 0.320 e. The summed E-state index contributed by atoms with van der Waals surface area (Å²) in [6.07, 6.45) is 1.06. The second-order valence-corrected chi connectivity index (χ2v) is 8.54. The summed E-state index contributed by atoms with van der Waals surface area (Å²) < 4.78 is 48.8. The molecule has 0 bridgehead atoms. The zero-order chi connectivity index (χ0) is 16.1. The molecular formula is C13H18N2O4S2. The maximum Gasteiger partial charge on any atom is 0.240 e. The molecule has 3 N–H and O–H groups in total. The summed E-state index contributed by atoms with van der Waals surface area (Å²) in [6.45, 7) is 1.73. The predicted octanol–water partition coefficient (Wildman–Crippen LogP) is -0.292. The van der Waals surface area contributed by atoms with Crippen molar-refractivity contribution in [2.24, 2.45) is 5.73 Å². The molecule has 0 aliphatic rings. The molecule has 0 aliphatic carbocycles. The van der Waals surface area contributed by atoms with Crippen LogP contribution in [0.3, 0.4) is 0 Å². The fourth-order valence-electron chi connectivity index (χ4n) is 1.69. The standard InChI is InChI=1S/C13H18N2O4S2/c1-11(10-20(2,16)17)15-21(18,19)13-7-5-12(6-8-13)4-3-9-14/h5-8,11,15H,9-10,14H2,1-2H3. The lowest BCUT2D eigenvalue weighted by Gasteiger charge is -2.13. The van der Waals surface area contributed by atoms with Gasteiger partial charge in [0.25, 0.3) is 0 Å². The molecule has 116 valence electrons. The van der Waals surface area contributed by atoms with Gasteiger partial charge >= 0.3 is 0 Å². The van der Waals surface area contributed by atoms with Gasteiger partial charge in [-0.25, -0.2) is 21.6 Å². The molecular weight excluding hydrogens is 312 g/mol. The SMILES string of the molecule is CC(CS(C)(=O)=O)NS(=O)(=O)c1ccc(C#CCN)cc1. The number of hydrogen-bond donors (Lipinski definition) is 2. The molecule has 0 amide bonds. The topological polar surface area (TPSA) is 106 Å². The Kier molecular flexibility index (Phi) is 5.92. The number of sulfone groups is 1. The van der Waals surface area contributed by atoms with E-state index in [9.17, 15) is 16.8 Å². The molecule has 1 unspecified atom stereocenters. The highest BCUT2D eigenvalue weighted by Crippen LogP contribution is 2.11. The van der Waals surface area contributed by atoms with Crippen molar-refractivity contribution in [2.75, 3.05) is 18.6 Å². The number of nitrogens with two attached hydrogens (primary N) is 1. The van der Waals surface area contributed by atoms with Crippen molar-refractivity contribution in [3.8, 4) is 11.8 Å². The maximum atomic E-state index is 12.1. The van der Waals surface area contributed by atoms with Crippen molar-refractivity contribution in [1.29, 1.82) is 0 Å². The van der Waals surface area contributed by atoms with E-state index in [1.807, 2.05) is 0 Å². The van der Waals surface area contributed by atoms with Gasteiger partial charge in [0.2, 0.25) is 10.0 Å². The van der Waals surface area contributed by atoms with Crippen LogP contribution in [-0.4, -0.2) is 41.4 Å². The average molecular weight is 330 g/mol. The van der Waals surface area contributed by atoms with E-state index in [1.165, 1.54) is 19.1 Å². The highest BCUT2D eigenvalue weighted by atomic mass is 32.2. The summed E-state index contributed by atoms with van der Waals surface area (Å²) in [6, 6.07) is 5.25. The summed E-state index contributed by atoms with van der Waals surface area (Å²) in [5.74, 6) is 5.19. The molecule has 0 saturated carbocycles. The van der Waals surface area contributed by atoms with Crippen molar-refractivity contribution in [3.05, 3.63) is 29.8 Å². The van der Waals surface area contributed by atoms with Crippen LogP contribution >= 0.6 is 0 Å². The molecule has 0 saturated heterocycles. The fourth-order valence-corrected chi connectivity index (χ4v) is 4.03. The first kappa shape index (κ1) is 17.7. The average Bonchev–Trinajstić information content (AvgIpc) is 2.33. The van der Waals surface area contributed by atoms with E-state index in [4.69, 9.17) is 5.73 Å². The molecule has 1 atom stereocenters. The first-order valence-electron chi connectivity index (χ1n) is 6.13. The molecule has 0 fully saturated rings. The monoisotopic (exact) mass is 330 g/mol. The highest BCUT2D eigenvalue weighted by Gasteiger charge is 2.19. The van der Waals surface area contributed by atoms with Crippen molar-refractivity contribution in [1.82, 2.24) is 4.72 Å². The summed E-state index contributed by atoms with van der Waals surface area (Å²) in [5.41, 5.74) is 5.91. The molecule has 0 aliphatic heterocycles. The van der Waals surface area contributed by atoms with Gasteiger partial charge in [0.05, 0.1) is 17.2 Å². The van der Waals surface area contributed by atoms with Crippen LogP contribution in [0.5, 0.6) is 0 Å². The Labute approximate surface area is 125 Å². The van der Waals surface area contributed by atoms with Crippen LogP contribution in [0.25, 0.3) is 0 Å². The molecule has 0 heterocycles. The summed E-state index contributed by atoms with van der Waals surface area (Å²) in [5, 5.41) is 0. The van der Waals surface area contributed by atoms with E-state index >= 15 is 0 Å². The quantitative estimate of drug-likeness (QED) is 0.722. The number of nitrogens with one attached hydrogen (secondary N) is 1. The number of hydrogen-bond acceptors (Lipinski definition) is 5. The zero-order valence-corrected chi connectivity index (χ0v) is 13.5. The molecule has 1 rings (SSSR count). The van der Waals surface area contributed by atoms with Crippen molar-refractivity contribution in [2.45, 2.75) is 17.9 Å². The van der Waals surface area contributed by atoms with E-state index < -0.39 is 25.9 Å². The normalized spacial score (nSPS) is 13.3. The van der Waals surface area contributed by atoms with Gasteiger partial charge in [-0.2, -0.15) is 0 Å². The van der Waals surface area contributed by atoms with E-state index in [1.54, 1.807) is 12.1 Å². The lowest BCUT2D eigenvalue weighted by atomic mass is 10.2. The Balaban J connectivity index is 2.88. The van der Waals surface area contributed by atoms with Gasteiger partial charge in [-0.05, 0) is 31.2 Å². The molecule has 0 aromatic heterocycles. The van der Waals surface area contributed by atoms with Gasteiger partial charge in [-0.1, -0.05) is 11.8 Å². The lowest BCUT2D eigenvalue weighted by Crippen LogP contribution is -2.37. The van der Waals surface area contributed by atoms with Crippen molar-refractivity contribution < 1.29 is 16.8 Å². The van der Waals surface area contributed by atoms with Crippen LogP contribution in [0.4, 0.5) is 0 Å². The highest BCUT2D eigenvalue weighted by molar-refractivity contribution is 7.91. The number of rotatable bonds is 5. The third-order valence-electron chi connectivity index (χ3n) is 2.41. The second-order valence-electron chi connectivity index (χ2n) is 4.65. The number of sulfonamides is 1. The Bertz CT molecular complexity index is 742. The first-order chi connectivity index (χ1) is 9.64. The fraction of sp³-hybridized carbons (Fsp3) is 0.385. The van der Waals surface area contributed by atoms with Gasteiger partial charge in [-0.3, -0.25) is 0 Å². The zero-order valence-electron chi connectivity index (χ0n) is 11.8. The van der Waals surface area contributed by atoms with Crippen LogP contribution in [-0.2, 0) is 19.9 Å². The molecule has 21 heavy (non-hydrogen) atoms. The third-order valence-corrected chi connectivity index (χ3v) is 5.12. The van der Waals surface area contributed by atoms with Gasteiger partial charge in [-0.15, -0.1) is 0 Å². The summed E-state index contributed by atoms with van der Waals surface area (Å²) in [4.78, 5) is 0.0566. The van der Waals surface area contributed by atoms with Crippen LogP contribution in [0, 0.1) is 11.8 Å². The Morgan fingerprint density at radius 3 is 2.24 bits per heavy atom. The van der Waals surface area contributed by atoms with Gasteiger partial charge in [0.1, 0.15) is 9.84 Å². The molecule has 0 spiro atoms. The first-order valence-corrected chi connectivity index (χ1v) is 9.67. The second kappa shape index (κ2) is 7.04. The predicted molar refractivity (Wildman–Crippen MR) is 81.9 cm³/mol. The Morgan fingerprint density at radius 2 is 1.76 bits per heavy atom. The molecule has 0 radical (unpaired) electrons. The maximum absolute atomic E-state index is 12.1. The number of benzene rings is 1. The van der Waals surface area contributed by atoms with Crippen LogP contribution in [0.1, 0.15) is 12.5 Å². The van der Waals surface area contributed by atoms with Crippen LogP contribution in [0.15, 0.2) is 29.2 Å². The van der Waals surface area contributed by atoms with E-state index in [-0.39, 0.29) is 17.2 Å². The molecule has 1 aromatic rings. The van der Waals surface area contributed by atoms with E-state index in [0.717, 1.165) is 6.26 Å². The van der Waals surface area contributed by atoms with Crippen LogP contribution in [0.2, 0.25) is 0 Å². The smallest absolute Gasteiger partial charge is 0.240 e. The van der Waals surface area contributed by atoms with Crippen LogP contribution < -0.4 is 10.5 Å². The van der Waals surface area contributed by atoms with Crippen molar-refractivity contribution in [3.63, 3.8) is 0 Å². The summed E-state index contributed by atoms with van der Waals surface area (Å²) >= 11 is 0. The molecule has 8 heteroatoms.